The summed E-state index contributed by atoms with van der Waals surface area (Å²) >= 11 is 11.9. The summed E-state index contributed by atoms with van der Waals surface area (Å²) in [4.78, 5) is 14.0. The smallest absolute Gasteiger partial charge is 0.255 e. The Morgan fingerprint density at radius 3 is 2.84 bits per heavy atom. The number of nitrogens with one attached hydrogen (secondary N) is 1. The number of likely N-dealkylation sites (N-methyl/N-ethyl adjacent to an activating group) is 1. The standard InChI is InChI=1S/C14H18Cl2N2O/c1-18(9-11-4-2-3-7-17-11)14(19)12-6-5-10(15)8-13(12)16/h5-6,8,11,17H,2-4,7,9H2,1H3. The highest BCUT2D eigenvalue weighted by Gasteiger charge is 2.20. The summed E-state index contributed by atoms with van der Waals surface area (Å²) in [5.74, 6) is -0.0611. The number of halogens is 2. The number of piperidine rings is 1. The lowest BCUT2D eigenvalue weighted by Crippen LogP contribution is -2.44. The van der Waals surface area contributed by atoms with Gasteiger partial charge in [0.25, 0.3) is 5.91 Å². The van der Waals surface area contributed by atoms with Gasteiger partial charge in [-0.15, -0.1) is 0 Å². The lowest BCUT2D eigenvalue weighted by atomic mass is 10.0. The Bertz CT molecular complexity index is 459. The van der Waals surface area contributed by atoms with Crippen molar-refractivity contribution in [2.24, 2.45) is 0 Å². The third-order valence-electron chi connectivity index (χ3n) is 3.41. The highest BCUT2D eigenvalue weighted by Crippen LogP contribution is 2.22. The van der Waals surface area contributed by atoms with Gasteiger partial charge in [0.2, 0.25) is 0 Å². The molecular formula is C14H18Cl2N2O. The fraction of sp³-hybridized carbons (Fsp3) is 0.500. The quantitative estimate of drug-likeness (QED) is 0.930. The fourth-order valence-electron chi connectivity index (χ4n) is 2.36. The van der Waals surface area contributed by atoms with Gasteiger partial charge in [-0.3, -0.25) is 4.79 Å². The Morgan fingerprint density at radius 2 is 2.21 bits per heavy atom. The molecule has 1 aliphatic heterocycles. The van der Waals surface area contributed by atoms with Crippen LogP contribution in [0.1, 0.15) is 29.6 Å². The van der Waals surface area contributed by atoms with E-state index < -0.39 is 0 Å². The summed E-state index contributed by atoms with van der Waals surface area (Å²) in [5, 5.41) is 4.38. The molecule has 19 heavy (non-hydrogen) atoms. The number of carbonyl (C=O) groups excluding carboxylic acids is 1. The average molecular weight is 301 g/mol. The van der Waals surface area contributed by atoms with Crippen molar-refractivity contribution in [3.05, 3.63) is 33.8 Å². The van der Waals surface area contributed by atoms with Gasteiger partial charge in [0, 0.05) is 24.7 Å². The van der Waals surface area contributed by atoms with Crippen LogP contribution in [0.25, 0.3) is 0 Å². The molecule has 1 fully saturated rings. The van der Waals surface area contributed by atoms with Crippen LogP contribution in [0, 0.1) is 0 Å². The normalized spacial score (nSPS) is 19.2. The van der Waals surface area contributed by atoms with E-state index >= 15 is 0 Å². The number of hydrogen-bond acceptors (Lipinski definition) is 2. The lowest BCUT2D eigenvalue weighted by molar-refractivity contribution is 0.0775. The first-order valence-electron chi connectivity index (χ1n) is 6.52. The first-order chi connectivity index (χ1) is 9.08. The lowest BCUT2D eigenvalue weighted by Gasteiger charge is -2.28. The molecule has 1 unspecified atom stereocenters. The van der Waals surface area contributed by atoms with Crippen LogP contribution in [0.15, 0.2) is 18.2 Å². The molecule has 1 heterocycles. The minimum absolute atomic E-state index is 0.0611. The SMILES string of the molecule is CN(CC1CCCCN1)C(=O)c1ccc(Cl)cc1Cl. The molecule has 0 radical (unpaired) electrons. The molecule has 0 aromatic heterocycles. The number of benzene rings is 1. The van der Waals surface area contributed by atoms with Crippen LogP contribution in [-0.4, -0.2) is 37.0 Å². The first-order valence-corrected chi connectivity index (χ1v) is 7.27. The molecule has 1 atom stereocenters. The van der Waals surface area contributed by atoms with Crippen molar-refractivity contribution < 1.29 is 4.79 Å². The molecule has 0 spiro atoms. The number of carbonyl (C=O) groups is 1. The Hall–Kier alpha value is -0.770. The minimum atomic E-state index is -0.0611. The molecule has 1 amide bonds. The van der Waals surface area contributed by atoms with E-state index in [-0.39, 0.29) is 5.91 Å². The van der Waals surface area contributed by atoms with E-state index in [1.165, 1.54) is 12.8 Å². The van der Waals surface area contributed by atoms with Crippen LogP contribution in [-0.2, 0) is 0 Å². The molecule has 3 nitrogen and oxygen atoms in total. The van der Waals surface area contributed by atoms with Gasteiger partial charge >= 0.3 is 0 Å². The van der Waals surface area contributed by atoms with Gasteiger partial charge in [-0.25, -0.2) is 0 Å². The summed E-state index contributed by atoms with van der Waals surface area (Å²) in [5.41, 5.74) is 0.504. The second kappa shape index (κ2) is 6.60. The van der Waals surface area contributed by atoms with E-state index in [1.54, 1.807) is 23.1 Å². The molecule has 1 aromatic carbocycles. The minimum Gasteiger partial charge on any atom is -0.340 e. The molecule has 0 aliphatic carbocycles. The van der Waals surface area contributed by atoms with Gasteiger partial charge < -0.3 is 10.2 Å². The van der Waals surface area contributed by atoms with Crippen LogP contribution in [0.3, 0.4) is 0 Å². The van der Waals surface area contributed by atoms with Gasteiger partial charge in [-0.2, -0.15) is 0 Å². The molecule has 1 aromatic rings. The Balaban J connectivity index is 2.01. The molecule has 1 N–H and O–H groups in total. The van der Waals surface area contributed by atoms with E-state index in [4.69, 9.17) is 23.2 Å². The number of amides is 1. The zero-order valence-corrected chi connectivity index (χ0v) is 12.5. The van der Waals surface area contributed by atoms with Crippen LogP contribution < -0.4 is 5.32 Å². The Labute approximate surface area is 123 Å². The summed E-state index contributed by atoms with van der Waals surface area (Å²) in [6, 6.07) is 5.35. The van der Waals surface area contributed by atoms with Crippen LogP contribution in [0.4, 0.5) is 0 Å². The summed E-state index contributed by atoms with van der Waals surface area (Å²) in [6.07, 6.45) is 3.56. The molecule has 0 saturated carbocycles. The van der Waals surface area contributed by atoms with E-state index in [0.717, 1.165) is 13.0 Å². The first kappa shape index (κ1) is 14.6. The van der Waals surface area contributed by atoms with Gasteiger partial charge in [-0.1, -0.05) is 29.6 Å². The van der Waals surface area contributed by atoms with Crippen molar-refractivity contribution in [2.75, 3.05) is 20.1 Å². The average Bonchev–Trinajstić information content (AvgIpc) is 2.39. The fourth-order valence-corrected chi connectivity index (χ4v) is 2.85. The van der Waals surface area contributed by atoms with Gasteiger partial charge in [0.15, 0.2) is 0 Å². The van der Waals surface area contributed by atoms with Gasteiger partial charge in [-0.05, 0) is 37.6 Å². The predicted octanol–water partition coefficient (Wildman–Crippen LogP) is 3.21. The second-order valence-corrected chi connectivity index (χ2v) is 5.80. The third kappa shape index (κ3) is 3.85. The van der Waals surface area contributed by atoms with Crippen molar-refractivity contribution in [3.8, 4) is 0 Å². The van der Waals surface area contributed by atoms with Crippen molar-refractivity contribution in [1.82, 2.24) is 10.2 Å². The maximum atomic E-state index is 12.3. The molecule has 1 aliphatic rings. The van der Waals surface area contributed by atoms with Crippen molar-refractivity contribution in [2.45, 2.75) is 25.3 Å². The number of nitrogens with zero attached hydrogens (tertiary/aromatic N) is 1. The highest BCUT2D eigenvalue weighted by atomic mass is 35.5. The van der Waals surface area contributed by atoms with Crippen LogP contribution in [0.5, 0.6) is 0 Å². The third-order valence-corrected chi connectivity index (χ3v) is 3.96. The summed E-state index contributed by atoms with van der Waals surface area (Å²) in [7, 11) is 1.81. The van der Waals surface area contributed by atoms with Crippen LogP contribution >= 0.6 is 23.2 Å². The molecular weight excluding hydrogens is 283 g/mol. The van der Waals surface area contributed by atoms with Crippen molar-refractivity contribution in [1.29, 1.82) is 0 Å². The second-order valence-electron chi connectivity index (χ2n) is 4.96. The van der Waals surface area contributed by atoms with Crippen molar-refractivity contribution >= 4 is 29.1 Å². The van der Waals surface area contributed by atoms with Gasteiger partial charge in [0.1, 0.15) is 0 Å². The molecule has 1 saturated heterocycles. The molecule has 0 bridgehead atoms. The van der Waals surface area contributed by atoms with E-state index in [2.05, 4.69) is 5.32 Å². The maximum absolute atomic E-state index is 12.3. The zero-order valence-electron chi connectivity index (χ0n) is 11.0. The maximum Gasteiger partial charge on any atom is 0.255 e. The molecule has 104 valence electrons. The van der Waals surface area contributed by atoms with Crippen LogP contribution in [0.2, 0.25) is 10.0 Å². The van der Waals surface area contributed by atoms with Crippen molar-refractivity contribution in [3.63, 3.8) is 0 Å². The highest BCUT2D eigenvalue weighted by molar-refractivity contribution is 6.36. The summed E-state index contributed by atoms with van der Waals surface area (Å²) < 4.78 is 0. The summed E-state index contributed by atoms with van der Waals surface area (Å²) in [6.45, 7) is 1.74. The van der Waals surface area contributed by atoms with E-state index in [1.807, 2.05) is 7.05 Å². The monoisotopic (exact) mass is 300 g/mol. The zero-order chi connectivity index (χ0) is 13.8. The van der Waals surface area contributed by atoms with E-state index in [9.17, 15) is 4.79 Å². The van der Waals surface area contributed by atoms with Gasteiger partial charge in [0.05, 0.1) is 10.6 Å². The molecule has 2 rings (SSSR count). The predicted molar refractivity (Wildman–Crippen MR) is 79.1 cm³/mol. The number of hydrogen-bond donors (Lipinski definition) is 1. The molecule has 5 heteroatoms. The topological polar surface area (TPSA) is 32.3 Å². The van der Waals surface area contributed by atoms with E-state index in [0.29, 0.717) is 28.2 Å². The Morgan fingerprint density at radius 1 is 1.42 bits per heavy atom. The largest absolute Gasteiger partial charge is 0.340 e. The Kier molecular flexibility index (Phi) is 5.08. The number of rotatable bonds is 3.